The van der Waals surface area contributed by atoms with Crippen molar-refractivity contribution in [1.82, 2.24) is 9.13 Å². The lowest BCUT2D eigenvalue weighted by Gasteiger charge is -2.19. The van der Waals surface area contributed by atoms with Gasteiger partial charge in [-0.2, -0.15) is 0 Å². The summed E-state index contributed by atoms with van der Waals surface area (Å²) in [4.78, 5) is 48.6. The molecule has 2 heterocycles. The van der Waals surface area contributed by atoms with Gasteiger partial charge in [0.2, 0.25) is 0 Å². The number of esters is 1. The zero-order chi connectivity index (χ0) is 26.7. The lowest BCUT2D eigenvalue weighted by atomic mass is 10.2. The van der Waals surface area contributed by atoms with E-state index in [0.717, 1.165) is 15.2 Å². The normalized spacial score (nSPS) is 12.5. The van der Waals surface area contributed by atoms with Crippen molar-refractivity contribution in [2.75, 3.05) is 29.9 Å². The Labute approximate surface area is 210 Å². The lowest BCUT2D eigenvalue weighted by molar-refractivity contribution is -0.119. The van der Waals surface area contributed by atoms with E-state index < -0.39 is 39.8 Å². The number of carbonyl (C=O) groups excluding carboxylic acids is 2. The Morgan fingerprint density at radius 1 is 0.973 bits per heavy atom. The molecule has 0 fully saturated rings. The van der Waals surface area contributed by atoms with Crippen LogP contribution in [0.15, 0.2) is 63.0 Å². The van der Waals surface area contributed by atoms with E-state index in [9.17, 15) is 27.6 Å². The molecule has 0 bridgehead atoms. The van der Waals surface area contributed by atoms with Gasteiger partial charge in [-0.1, -0.05) is 12.1 Å². The summed E-state index contributed by atoms with van der Waals surface area (Å²) in [5, 5.41) is 2.33. The molecule has 13 nitrogen and oxygen atoms in total. The van der Waals surface area contributed by atoms with Crippen LogP contribution >= 0.6 is 0 Å². The highest BCUT2D eigenvalue weighted by Gasteiger charge is 2.23. The summed E-state index contributed by atoms with van der Waals surface area (Å²) >= 11 is 0. The Hall–Kier alpha value is -4.59. The van der Waals surface area contributed by atoms with Crippen LogP contribution in [-0.2, 0) is 33.7 Å². The van der Waals surface area contributed by atoms with Crippen LogP contribution in [-0.4, -0.2) is 49.2 Å². The van der Waals surface area contributed by atoms with Gasteiger partial charge < -0.3 is 19.5 Å². The highest BCUT2D eigenvalue weighted by Crippen LogP contribution is 2.33. The molecule has 3 aromatic rings. The molecule has 2 aromatic carbocycles. The molecule has 0 saturated carbocycles. The van der Waals surface area contributed by atoms with Crippen molar-refractivity contribution in [2.45, 2.75) is 4.90 Å². The molecule has 14 heteroatoms. The van der Waals surface area contributed by atoms with Gasteiger partial charge in [-0.05, 0) is 24.3 Å². The molecule has 0 saturated heterocycles. The zero-order valence-electron chi connectivity index (χ0n) is 19.7. The highest BCUT2D eigenvalue weighted by molar-refractivity contribution is 7.92. The number of aromatic nitrogens is 2. The van der Waals surface area contributed by atoms with E-state index in [4.69, 9.17) is 14.2 Å². The number of sulfonamides is 1. The standard InChI is InChI=1S/C23H22N4O9S/c1-26-19(12-21(29)27(2)23(26)31)24-20(28)13-36-22(30)15-5-3-4-6-16(15)25-37(32,33)14-7-8-17-18(11-14)35-10-9-34-17/h3-8,11-12,25H,9-10,13H2,1-2H3,(H,24,28). The number of ether oxygens (including phenoxy) is 3. The number of fused-ring (bicyclic) bond motifs is 1. The third-order valence-corrected chi connectivity index (χ3v) is 6.71. The van der Waals surface area contributed by atoms with E-state index in [-0.39, 0.29) is 34.3 Å². The maximum Gasteiger partial charge on any atom is 0.340 e. The second-order valence-corrected chi connectivity index (χ2v) is 9.53. The van der Waals surface area contributed by atoms with Crippen LogP contribution in [0.3, 0.4) is 0 Å². The minimum Gasteiger partial charge on any atom is -0.486 e. The molecule has 0 spiro atoms. The predicted octanol–water partition coefficient (Wildman–Crippen LogP) is 0.452. The van der Waals surface area contributed by atoms with Gasteiger partial charge in [0.05, 0.1) is 16.1 Å². The summed E-state index contributed by atoms with van der Waals surface area (Å²) in [5.41, 5.74) is -1.50. The van der Waals surface area contributed by atoms with Crippen molar-refractivity contribution in [3.8, 4) is 11.5 Å². The first-order valence-electron chi connectivity index (χ1n) is 10.8. The zero-order valence-corrected chi connectivity index (χ0v) is 20.5. The molecule has 1 aromatic heterocycles. The van der Waals surface area contributed by atoms with Crippen LogP contribution in [0.4, 0.5) is 11.5 Å². The summed E-state index contributed by atoms with van der Waals surface area (Å²) in [6.45, 7) is -0.123. The third kappa shape index (κ3) is 5.48. The average molecular weight is 531 g/mol. The Bertz CT molecular complexity index is 1610. The Morgan fingerprint density at radius 2 is 1.68 bits per heavy atom. The number of para-hydroxylation sites is 1. The molecule has 1 amide bonds. The Morgan fingerprint density at radius 3 is 2.43 bits per heavy atom. The van der Waals surface area contributed by atoms with Crippen LogP contribution in [0, 0.1) is 0 Å². The minimum absolute atomic E-state index is 0.0725. The summed E-state index contributed by atoms with van der Waals surface area (Å²) in [5.74, 6) is -1.17. The molecular formula is C23H22N4O9S. The van der Waals surface area contributed by atoms with Crippen molar-refractivity contribution in [3.05, 3.63) is 74.9 Å². The maximum atomic E-state index is 13.0. The number of anilines is 2. The average Bonchev–Trinajstić information content (AvgIpc) is 2.89. The number of carbonyl (C=O) groups is 2. The summed E-state index contributed by atoms with van der Waals surface area (Å²) in [6.07, 6.45) is 0. The molecule has 0 unspecified atom stereocenters. The number of nitrogens with one attached hydrogen (secondary N) is 2. The molecule has 1 aliphatic rings. The van der Waals surface area contributed by atoms with Gasteiger partial charge in [0.25, 0.3) is 21.5 Å². The van der Waals surface area contributed by atoms with Crippen LogP contribution in [0.5, 0.6) is 11.5 Å². The van der Waals surface area contributed by atoms with Gasteiger partial charge in [0.1, 0.15) is 19.0 Å². The van der Waals surface area contributed by atoms with Crippen LogP contribution in [0.2, 0.25) is 0 Å². The molecule has 1 aliphatic heterocycles. The fourth-order valence-corrected chi connectivity index (χ4v) is 4.48. The van der Waals surface area contributed by atoms with Crippen molar-refractivity contribution >= 4 is 33.4 Å². The monoisotopic (exact) mass is 530 g/mol. The quantitative estimate of drug-likeness (QED) is 0.413. The van der Waals surface area contributed by atoms with Gasteiger partial charge in [-0.3, -0.25) is 23.4 Å². The van der Waals surface area contributed by atoms with E-state index in [0.29, 0.717) is 12.4 Å². The first-order chi connectivity index (χ1) is 17.6. The van der Waals surface area contributed by atoms with Gasteiger partial charge in [-0.25, -0.2) is 18.0 Å². The summed E-state index contributed by atoms with van der Waals surface area (Å²) in [6, 6.07) is 10.9. The second kappa shape index (κ2) is 10.2. The highest BCUT2D eigenvalue weighted by atomic mass is 32.2. The fourth-order valence-electron chi connectivity index (χ4n) is 3.39. The number of hydrogen-bond acceptors (Lipinski definition) is 9. The Balaban J connectivity index is 1.46. The van der Waals surface area contributed by atoms with E-state index in [2.05, 4.69) is 10.0 Å². The molecule has 2 N–H and O–H groups in total. The molecule has 0 radical (unpaired) electrons. The summed E-state index contributed by atoms with van der Waals surface area (Å²) in [7, 11) is -1.48. The van der Waals surface area contributed by atoms with Crippen molar-refractivity contribution in [1.29, 1.82) is 0 Å². The van der Waals surface area contributed by atoms with Crippen molar-refractivity contribution in [3.63, 3.8) is 0 Å². The number of rotatable bonds is 7. The Kier molecular flexibility index (Phi) is 7.02. The number of benzene rings is 2. The third-order valence-electron chi connectivity index (χ3n) is 5.34. The molecule has 4 rings (SSSR count). The van der Waals surface area contributed by atoms with E-state index in [1.54, 1.807) is 0 Å². The van der Waals surface area contributed by atoms with Crippen molar-refractivity contribution < 1.29 is 32.2 Å². The smallest absolute Gasteiger partial charge is 0.340 e. The predicted molar refractivity (Wildman–Crippen MR) is 131 cm³/mol. The molecule has 37 heavy (non-hydrogen) atoms. The molecule has 0 aliphatic carbocycles. The van der Waals surface area contributed by atoms with Gasteiger partial charge in [0.15, 0.2) is 18.1 Å². The lowest BCUT2D eigenvalue weighted by Crippen LogP contribution is -2.38. The molecule has 0 atom stereocenters. The maximum absolute atomic E-state index is 13.0. The largest absolute Gasteiger partial charge is 0.486 e. The minimum atomic E-state index is -4.13. The number of amides is 1. The van der Waals surface area contributed by atoms with Gasteiger partial charge >= 0.3 is 11.7 Å². The number of nitrogens with zero attached hydrogens (tertiary/aromatic N) is 2. The van der Waals surface area contributed by atoms with E-state index in [1.165, 1.54) is 56.6 Å². The first kappa shape index (κ1) is 25.5. The van der Waals surface area contributed by atoms with Gasteiger partial charge in [-0.15, -0.1) is 0 Å². The SMILES string of the molecule is Cn1c(NC(=O)COC(=O)c2ccccc2NS(=O)(=O)c2ccc3c(c2)OCCO3)cc(=O)n(C)c1=O. The van der Waals surface area contributed by atoms with E-state index >= 15 is 0 Å². The molecular weight excluding hydrogens is 508 g/mol. The van der Waals surface area contributed by atoms with Crippen LogP contribution in [0.1, 0.15) is 10.4 Å². The second-order valence-electron chi connectivity index (χ2n) is 7.85. The van der Waals surface area contributed by atoms with E-state index in [1.807, 2.05) is 0 Å². The first-order valence-corrected chi connectivity index (χ1v) is 12.3. The summed E-state index contributed by atoms with van der Waals surface area (Å²) < 4.78 is 46.0. The molecule has 194 valence electrons. The fraction of sp³-hybridized carbons (Fsp3) is 0.217. The number of hydrogen-bond donors (Lipinski definition) is 2. The van der Waals surface area contributed by atoms with Gasteiger partial charge in [0, 0.05) is 26.2 Å². The van der Waals surface area contributed by atoms with Crippen LogP contribution in [0.25, 0.3) is 0 Å². The van der Waals surface area contributed by atoms with Crippen molar-refractivity contribution in [2.24, 2.45) is 14.1 Å². The van der Waals surface area contributed by atoms with Crippen LogP contribution < -0.4 is 30.8 Å². The topological polar surface area (TPSA) is 164 Å².